The summed E-state index contributed by atoms with van der Waals surface area (Å²) in [6, 6.07) is 0. The smallest absolute Gasteiger partial charge is 0.337 e. The van der Waals surface area contributed by atoms with Crippen LogP contribution >= 0.6 is 0 Å². The van der Waals surface area contributed by atoms with Gasteiger partial charge in [0.25, 0.3) is 6.43 Å². The second kappa shape index (κ2) is 6.43. The van der Waals surface area contributed by atoms with Crippen molar-refractivity contribution in [2.24, 2.45) is 0 Å². The van der Waals surface area contributed by atoms with Gasteiger partial charge in [-0.15, -0.1) is 0 Å². The van der Waals surface area contributed by atoms with Gasteiger partial charge in [-0.25, -0.2) is 27.2 Å². The number of alkyl halides is 3. The minimum absolute atomic E-state index is 0.0676. The van der Waals surface area contributed by atoms with E-state index >= 15 is 0 Å². The molecule has 0 radical (unpaired) electrons. The normalized spacial score (nSPS) is 20.8. The van der Waals surface area contributed by atoms with Crippen molar-refractivity contribution in [3.8, 4) is 0 Å². The fourth-order valence-electron chi connectivity index (χ4n) is 3.17. The van der Waals surface area contributed by atoms with Gasteiger partial charge in [-0.1, -0.05) is 0 Å². The molecule has 2 aliphatic rings. The van der Waals surface area contributed by atoms with Gasteiger partial charge in [0.15, 0.2) is 0 Å². The minimum atomic E-state index is -3.22. The Morgan fingerprint density at radius 1 is 1.38 bits per heavy atom. The molecular formula is C16H12F4N2O4. The van der Waals surface area contributed by atoms with E-state index in [-0.39, 0.29) is 23.4 Å². The maximum Gasteiger partial charge on any atom is 0.337 e. The Balaban J connectivity index is 2.33. The standard InChI is InChI=1S/C16H12F4N2O4/c1-5(17)9-6(2-21-3-7(9)18)10-11-8(4-26-16(11)25)22-13(14(19)20)12(10)15(23)24/h2-3,5,10,14,22H,4H2,1H3,(H,23,24)/t5?,10-/m1/s1. The number of cyclic esters (lactones) is 1. The molecule has 1 aromatic rings. The lowest BCUT2D eigenvalue weighted by Gasteiger charge is -2.29. The van der Waals surface area contributed by atoms with E-state index in [9.17, 15) is 32.3 Å². The molecule has 0 bridgehead atoms. The molecule has 1 unspecified atom stereocenters. The van der Waals surface area contributed by atoms with Gasteiger partial charge in [-0.2, -0.15) is 0 Å². The summed E-state index contributed by atoms with van der Waals surface area (Å²) in [6.45, 7) is 0.625. The summed E-state index contributed by atoms with van der Waals surface area (Å²) in [4.78, 5) is 27.3. The summed E-state index contributed by atoms with van der Waals surface area (Å²) in [5.41, 5.74) is -3.05. The quantitative estimate of drug-likeness (QED) is 0.623. The van der Waals surface area contributed by atoms with E-state index in [1.54, 1.807) is 0 Å². The highest BCUT2D eigenvalue weighted by Gasteiger charge is 2.45. The molecule has 0 spiro atoms. The Morgan fingerprint density at radius 3 is 2.65 bits per heavy atom. The average Bonchev–Trinajstić information content (AvgIpc) is 2.93. The first-order valence-corrected chi connectivity index (χ1v) is 7.44. The summed E-state index contributed by atoms with van der Waals surface area (Å²) < 4.78 is 59.8. The van der Waals surface area contributed by atoms with Crippen molar-refractivity contribution in [2.75, 3.05) is 6.61 Å². The molecule has 0 saturated carbocycles. The Kier molecular flexibility index (Phi) is 4.43. The van der Waals surface area contributed by atoms with Gasteiger partial charge in [0.05, 0.1) is 34.7 Å². The highest BCUT2D eigenvalue weighted by Crippen LogP contribution is 2.44. The molecular weight excluding hydrogens is 360 g/mol. The van der Waals surface area contributed by atoms with Crippen molar-refractivity contribution in [3.05, 3.63) is 51.9 Å². The summed E-state index contributed by atoms with van der Waals surface area (Å²) in [6.07, 6.45) is -3.43. The molecule has 3 heterocycles. The number of rotatable bonds is 4. The zero-order chi connectivity index (χ0) is 19.2. The molecule has 3 rings (SSSR count). The number of aliphatic carboxylic acids is 1. The number of carbonyl (C=O) groups excluding carboxylic acids is 1. The fraction of sp³-hybridized carbons (Fsp3) is 0.312. The molecule has 0 aliphatic carbocycles. The lowest BCUT2D eigenvalue weighted by atomic mass is 9.79. The molecule has 26 heavy (non-hydrogen) atoms. The van der Waals surface area contributed by atoms with E-state index < -0.39 is 53.1 Å². The van der Waals surface area contributed by atoms with Crippen LogP contribution < -0.4 is 5.32 Å². The van der Waals surface area contributed by atoms with Crippen molar-refractivity contribution < 1.29 is 37.0 Å². The topological polar surface area (TPSA) is 88.5 Å². The molecule has 2 N–H and O–H groups in total. The molecule has 6 nitrogen and oxygen atoms in total. The van der Waals surface area contributed by atoms with E-state index in [1.165, 1.54) is 0 Å². The third-order valence-electron chi connectivity index (χ3n) is 4.17. The average molecular weight is 372 g/mol. The van der Waals surface area contributed by atoms with Crippen molar-refractivity contribution >= 4 is 11.9 Å². The number of hydrogen-bond acceptors (Lipinski definition) is 5. The van der Waals surface area contributed by atoms with Crippen LogP contribution in [0.5, 0.6) is 0 Å². The monoisotopic (exact) mass is 372 g/mol. The lowest BCUT2D eigenvalue weighted by Crippen LogP contribution is -2.33. The van der Waals surface area contributed by atoms with E-state index in [0.29, 0.717) is 0 Å². The number of nitrogens with one attached hydrogen (secondary N) is 1. The van der Waals surface area contributed by atoms with Gasteiger partial charge in [0.1, 0.15) is 18.6 Å². The van der Waals surface area contributed by atoms with Crippen LogP contribution in [-0.4, -0.2) is 35.1 Å². The molecule has 0 amide bonds. The molecule has 0 fully saturated rings. The molecule has 2 atom stereocenters. The number of halogens is 4. The summed E-state index contributed by atoms with van der Waals surface area (Å²) >= 11 is 0. The Morgan fingerprint density at radius 2 is 2.08 bits per heavy atom. The first kappa shape index (κ1) is 17.9. The van der Waals surface area contributed by atoms with Crippen molar-refractivity contribution in [2.45, 2.75) is 25.4 Å². The van der Waals surface area contributed by atoms with Gasteiger partial charge >= 0.3 is 11.9 Å². The highest BCUT2D eigenvalue weighted by atomic mass is 19.3. The van der Waals surface area contributed by atoms with Crippen molar-refractivity contribution in [1.29, 1.82) is 0 Å². The number of ether oxygens (including phenoxy) is 1. The SMILES string of the molecule is CC(F)c1c(F)cncc1[C@@H]1C2=C(COC2=O)NC(C(F)F)=C1C(=O)O. The number of hydrogen-bond donors (Lipinski definition) is 2. The predicted molar refractivity (Wildman–Crippen MR) is 78.2 cm³/mol. The number of carboxylic acid groups (broad SMARTS) is 1. The third kappa shape index (κ3) is 2.71. The van der Waals surface area contributed by atoms with Crippen molar-refractivity contribution in [3.63, 3.8) is 0 Å². The molecule has 2 aliphatic heterocycles. The van der Waals surface area contributed by atoms with Gasteiger partial charge in [-0.3, -0.25) is 4.98 Å². The number of dihydropyridines is 1. The third-order valence-corrected chi connectivity index (χ3v) is 4.17. The molecule has 10 heteroatoms. The zero-order valence-electron chi connectivity index (χ0n) is 13.2. The van der Waals surface area contributed by atoms with Gasteiger partial charge in [0.2, 0.25) is 0 Å². The Hall–Kier alpha value is -2.91. The highest BCUT2D eigenvalue weighted by molar-refractivity contribution is 6.00. The van der Waals surface area contributed by atoms with Crippen molar-refractivity contribution in [1.82, 2.24) is 10.3 Å². The second-order valence-electron chi connectivity index (χ2n) is 5.70. The maximum atomic E-state index is 14.1. The summed E-state index contributed by atoms with van der Waals surface area (Å²) in [5, 5.41) is 11.7. The van der Waals surface area contributed by atoms with Crippen LogP contribution in [0.25, 0.3) is 0 Å². The Bertz CT molecular complexity index is 864. The number of nitrogens with zero attached hydrogens (tertiary/aromatic N) is 1. The fourth-order valence-corrected chi connectivity index (χ4v) is 3.17. The van der Waals surface area contributed by atoms with E-state index in [1.807, 2.05) is 0 Å². The van der Waals surface area contributed by atoms with Crippen LogP contribution in [0.15, 0.2) is 34.9 Å². The number of carboxylic acids is 1. The molecule has 0 aromatic carbocycles. The molecule has 138 valence electrons. The maximum absolute atomic E-state index is 14.1. The first-order chi connectivity index (χ1) is 12.2. The van der Waals surface area contributed by atoms with E-state index in [2.05, 4.69) is 10.3 Å². The number of carbonyl (C=O) groups is 2. The lowest BCUT2D eigenvalue weighted by molar-refractivity contribution is -0.136. The van der Waals surface area contributed by atoms with E-state index in [0.717, 1.165) is 19.3 Å². The predicted octanol–water partition coefficient (Wildman–Crippen LogP) is 2.35. The summed E-state index contributed by atoms with van der Waals surface area (Å²) in [5.74, 6) is -5.43. The number of pyridine rings is 1. The minimum Gasteiger partial charge on any atom is -0.478 e. The summed E-state index contributed by atoms with van der Waals surface area (Å²) in [7, 11) is 0. The number of aromatic nitrogens is 1. The van der Waals surface area contributed by atoms with Crippen LogP contribution in [0.1, 0.15) is 30.1 Å². The van der Waals surface area contributed by atoms with Crippen LogP contribution in [-0.2, 0) is 14.3 Å². The van der Waals surface area contributed by atoms with Gasteiger partial charge in [0, 0.05) is 11.8 Å². The number of allylic oxidation sites excluding steroid dienone is 1. The number of esters is 1. The molecule has 1 aromatic heterocycles. The van der Waals surface area contributed by atoms with Crippen LogP contribution in [0, 0.1) is 5.82 Å². The first-order valence-electron chi connectivity index (χ1n) is 7.44. The van der Waals surface area contributed by atoms with Gasteiger partial charge < -0.3 is 15.2 Å². The largest absolute Gasteiger partial charge is 0.478 e. The van der Waals surface area contributed by atoms with Crippen LogP contribution in [0.3, 0.4) is 0 Å². The van der Waals surface area contributed by atoms with E-state index in [4.69, 9.17) is 4.74 Å². The van der Waals surface area contributed by atoms with Crippen LogP contribution in [0.4, 0.5) is 17.6 Å². The Labute approximate surface area is 144 Å². The molecule has 0 saturated heterocycles. The van der Waals surface area contributed by atoms with Crippen LogP contribution in [0.2, 0.25) is 0 Å². The zero-order valence-corrected chi connectivity index (χ0v) is 13.2. The second-order valence-corrected chi connectivity index (χ2v) is 5.70. The van der Waals surface area contributed by atoms with Gasteiger partial charge in [-0.05, 0) is 12.5 Å².